The summed E-state index contributed by atoms with van der Waals surface area (Å²) in [7, 11) is 0. The van der Waals surface area contributed by atoms with Crippen LogP contribution in [0.15, 0.2) is 103 Å². The molecule has 0 unspecified atom stereocenters. The van der Waals surface area contributed by atoms with Crippen LogP contribution in [-0.2, 0) is 27.6 Å². The minimum Gasteiger partial charge on any atom is -0.319 e. The van der Waals surface area contributed by atoms with Crippen LogP contribution in [0.5, 0.6) is 0 Å². The summed E-state index contributed by atoms with van der Waals surface area (Å²) in [5, 5.41) is 9.53. The molecule has 2 aromatic heterocycles. The van der Waals surface area contributed by atoms with Crippen molar-refractivity contribution in [1.82, 2.24) is 19.6 Å². The van der Waals surface area contributed by atoms with E-state index >= 15 is 0 Å². The van der Waals surface area contributed by atoms with Gasteiger partial charge in [-0.2, -0.15) is 58.7 Å². The Kier molecular flexibility index (Phi) is 6.44. The van der Waals surface area contributed by atoms with Gasteiger partial charge in [0.1, 0.15) is 0 Å². The third-order valence-corrected chi connectivity index (χ3v) is 4.76. The van der Waals surface area contributed by atoms with Gasteiger partial charge in [-0.05, 0) is 29.6 Å². The molecule has 5 nitrogen and oxygen atoms in total. The fourth-order valence-electron chi connectivity index (χ4n) is 3.30. The predicted octanol–water partition coefficient (Wildman–Crippen LogP) is 4.99. The molecule has 0 bridgehead atoms. The van der Waals surface area contributed by atoms with Crippen molar-refractivity contribution in [1.29, 1.82) is 0 Å². The van der Waals surface area contributed by atoms with E-state index in [2.05, 4.69) is 29.2 Å². The van der Waals surface area contributed by atoms with Crippen LogP contribution >= 0.6 is 0 Å². The van der Waals surface area contributed by atoms with Gasteiger partial charge in [0.2, 0.25) is 0 Å². The van der Waals surface area contributed by atoms with Gasteiger partial charge in [-0.3, -0.25) is 9.36 Å². The molecule has 0 aliphatic rings. The number of aromatic nitrogens is 4. The molecule has 5 aromatic rings. The molecule has 6 heteroatoms. The monoisotopic (exact) mass is 584 g/mol. The van der Waals surface area contributed by atoms with Crippen molar-refractivity contribution in [3.8, 4) is 11.4 Å². The molecule has 0 radical (unpaired) electrons. The molecule has 154 valence electrons. The zero-order valence-electron chi connectivity index (χ0n) is 16.6. The SMILES string of the molecule is [Pt+2].[c-]1ccccc1-n1ccc(CN(c2ccccc2)c2ccn(-c3[c-]cccc3)n2)n1. The molecule has 3 aromatic carbocycles. The quantitative estimate of drug-likeness (QED) is 0.264. The third-order valence-electron chi connectivity index (χ3n) is 4.76. The minimum atomic E-state index is 0. The van der Waals surface area contributed by atoms with E-state index in [4.69, 9.17) is 10.2 Å². The predicted molar refractivity (Wildman–Crippen MR) is 117 cm³/mol. The Hall–Kier alpha value is -3.43. The van der Waals surface area contributed by atoms with E-state index in [1.807, 2.05) is 101 Å². The molecule has 31 heavy (non-hydrogen) atoms. The van der Waals surface area contributed by atoms with E-state index in [0.717, 1.165) is 28.6 Å². The summed E-state index contributed by atoms with van der Waals surface area (Å²) in [6.07, 6.45) is 3.91. The molecule has 0 atom stereocenters. The van der Waals surface area contributed by atoms with Crippen molar-refractivity contribution in [2.75, 3.05) is 4.90 Å². The minimum absolute atomic E-state index is 0. The van der Waals surface area contributed by atoms with Crippen molar-refractivity contribution in [3.63, 3.8) is 0 Å². The summed E-state index contributed by atoms with van der Waals surface area (Å²) < 4.78 is 3.68. The summed E-state index contributed by atoms with van der Waals surface area (Å²) in [6.45, 7) is 0.597. The Morgan fingerprint density at radius 2 is 1.29 bits per heavy atom. The average Bonchev–Trinajstić information content (AvgIpc) is 3.49. The van der Waals surface area contributed by atoms with Gasteiger partial charge in [-0.1, -0.05) is 18.2 Å². The van der Waals surface area contributed by atoms with Gasteiger partial charge in [0, 0.05) is 24.1 Å². The van der Waals surface area contributed by atoms with Gasteiger partial charge < -0.3 is 4.90 Å². The second-order valence-corrected chi connectivity index (χ2v) is 6.79. The van der Waals surface area contributed by atoms with Crippen LogP contribution in [-0.4, -0.2) is 19.6 Å². The van der Waals surface area contributed by atoms with Gasteiger partial charge >= 0.3 is 21.1 Å². The van der Waals surface area contributed by atoms with Gasteiger partial charge in [-0.15, -0.1) is 12.1 Å². The Morgan fingerprint density at radius 3 is 1.94 bits per heavy atom. The Bertz CT molecular complexity index is 1220. The number of hydrogen-bond acceptors (Lipinski definition) is 3. The van der Waals surface area contributed by atoms with Crippen LogP contribution in [0.3, 0.4) is 0 Å². The molecule has 0 N–H and O–H groups in total. The Labute approximate surface area is 195 Å². The van der Waals surface area contributed by atoms with Gasteiger partial charge in [0.05, 0.1) is 12.2 Å². The third kappa shape index (κ3) is 4.68. The molecule has 2 heterocycles. The van der Waals surface area contributed by atoms with Crippen molar-refractivity contribution in [2.24, 2.45) is 0 Å². The first-order valence-corrected chi connectivity index (χ1v) is 9.74. The molecule has 0 saturated heterocycles. The maximum Gasteiger partial charge on any atom is 2.00 e. The summed E-state index contributed by atoms with van der Waals surface area (Å²) in [4.78, 5) is 2.15. The van der Waals surface area contributed by atoms with Crippen molar-refractivity contribution < 1.29 is 21.1 Å². The standard InChI is InChI=1S/C25H19N5.Pt/c1-4-10-22(11-5-1)28(25-17-19-30(27-25)24-14-8-3-9-15-24)20-21-16-18-29(26-21)23-12-6-2-7-13-23;/h1-12,14,16-19H,20H2;/q-2;+2. The molecular weight excluding hydrogens is 565 g/mol. The smallest absolute Gasteiger partial charge is 0.319 e. The van der Waals surface area contributed by atoms with Crippen LogP contribution < -0.4 is 4.90 Å². The van der Waals surface area contributed by atoms with Gasteiger partial charge in [-0.25, -0.2) is 0 Å². The first-order valence-electron chi connectivity index (χ1n) is 9.74. The molecule has 0 amide bonds. The second kappa shape index (κ2) is 9.59. The zero-order valence-corrected chi connectivity index (χ0v) is 18.8. The molecule has 0 saturated carbocycles. The van der Waals surface area contributed by atoms with Crippen LogP contribution in [0.25, 0.3) is 11.4 Å². The fraction of sp³-hybridized carbons (Fsp3) is 0.0400. The van der Waals surface area contributed by atoms with E-state index in [-0.39, 0.29) is 21.1 Å². The number of rotatable bonds is 6. The van der Waals surface area contributed by atoms with Crippen LogP contribution in [0.2, 0.25) is 0 Å². The van der Waals surface area contributed by atoms with Gasteiger partial charge in [0.15, 0.2) is 5.82 Å². The number of hydrogen-bond donors (Lipinski definition) is 0. The number of para-hydroxylation sites is 3. The van der Waals surface area contributed by atoms with E-state index < -0.39 is 0 Å². The maximum absolute atomic E-state index is 4.79. The largest absolute Gasteiger partial charge is 2.00 e. The van der Waals surface area contributed by atoms with Crippen molar-refractivity contribution >= 4 is 11.5 Å². The number of benzene rings is 3. The topological polar surface area (TPSA) is 38.9 Å². The zero-order chi connectivity index (χ0) is 20.2. The van der Waals surface area contributed by atoms with E-state index in [1.165, 1.54) is 0 Å². The Balaban J connectivity index is 0.00000231. The normalized spacial score (nSPS) is 10.5. The molecule has 0 fully saturated rings. The van der Waals surface area contributed by atoms with E-state index in [9.17, 15) is 0 Å². The summed E-state index contributed by atoms with van der Waals surface area (Å²) in [5.74, 6) is 0.847. The van der Waals surface area contributed by atoms with E-state index in [1.54, 1.807) is 0 Å². The van der Waals surface area contributed by atoms with Crippen LogP contribution in [0.1, 0.15) is 5.69 Å². The van der Waals surface area contributed by atoms with Crippen LogP contribution in [0, 0.1) is 12.1 Å². The number of nitrogens with zero attached hydrogens (tertiary/aromatic N) is 5. The summed E-state index contributed by atoms with van der Waals surface area (Å²) in [6, 6.07) is 36.3. The fourth-order valence-corrected chi connectivity index (χ4v) is 3.30. The first kappa shape index (κ1) is 20.8. The average molecular weight is 585 g/mol. The molecule has 5 rings (SSSR count). The Morgan fingerprint density at radius 1 is 0.677 bits per heavy atom. The van der Waals surface area contributed by atoms with Crippen LogP contribution in [0.4, 0.5) is 11.5 Å². The molecule has 0 aliphatic heterocycles. The summed E-state index contributed by atoms with van der Waals surface area (Å²) >= 11 is 0. The van der Waals surface area contributed by atoms with Gasteiger partial charge in [0.25, 0.3) is 0 Å². The van der Waals surface area contributed by atoms with E-state index in [0.29, 0.717) is 6.54 Å². The molecular formula is C25H19N5Pt. The second-order valence-electron chi connectivity index (χ2n) is 6.79. The first-order chi connectivity index (χ1) is 14.9. The number of anilines is 2. The summed E-state index contributed by atoms with van der Waals surface area (Å²) in [5.41, 5.74) is 3.82. The molecule has 0 spiro atoms. The maximum atomic E-state index is 4.79. The molecule has 0 aliphatic carbocycles. The van der Waals surface area contributed by atoms with Crippen molar-refractivity contribution in [3.05, 3.63) is 121 Å². The van der Waals surface area contributed by atoms with Crippen molar-refractivity contribution in [2.45, 2.75) is 6.54 Å².